The van der Waals surface area contributed by atoms with Gasteiger partial charge in [-0.25, -0.2) is 19.6 Å². The Morgan fingerprint density at radius 3 is 1.34 bits per heavy atom. The monoisotopic (exact) mass is 752 g/mol. The molecule has 53 heavy (non-hydrogen) atoms. The SMILES string of the molecule is COC(=O)/C=C/c1c2nc(c(-c3cccc(OC)c3)c3ccc([n-]3)c(/C=C/C(=O)OC)c3nc(c(-c4cccc(OC)c4)c4ccc1[n-]4)C=C3)C=C2.[Zn+2]. The second-order valence-corrected chi connectivity index (χ2v) is 11.6. The van der Waals surface area contributed by atoms with E-state index in [4.69, 9.17) is 38.9 Å². The molecule has 0 N–H and O–H groups in total. The summed E-state index contributed by atoms with van der Waals surface area (Å²) in [5.41, 5.74) is 9.27. The zero-order chi connectivity index (χ0) is 36.2. The largest absolute Gasteiger partial charge is 2.00 e. The molecule has 0 saturated carbocycles. The fourth-order valence-corrected chi connectivity index (χ4v) is 6.06. The molecule has 11 heteroatoms. The Morgan fingerprint density at radius 1 is 0.547 bits per heavy atom. The van der Waals surface area contributed by atoms with Crippen LogP contribution in [0.3, 0.4) is 0 Å². The molecule has 0 spiro atoms. The predicted octanol–water partition coefficient (Wildman–Crippen LogP) is 7.63. The van der Waals surface area contributed by atoms with Crippen molar-refractivity contribution in [3.05, 3.63) is 119 Å². The average Bonchev–Trinajstić information content (AvgIpc) is 4.02. The maximum absolute atomic E-state index is 12.3. The number of aromatic nitrogens is 4. The van der Waals surface area contributed by atoms with Crippen molar-refractivity contribution in [1.29, 1.82) is 0 Å². The molecule has 10 nitrogen and oxygen atoms in total. The molecule has 2 aromatic carbocycles. The van der Waals surface area contributed by atoms with Gasteiger partial charge in [-0.3, -0.25) is 0 Å². The molecule has 0 unspecified atom stereocenters. The molecule has 258 valence electrons. The molecule has 0 amide bonds. The van der Waals surface area contributed by atoms with E-state index in [2.05, 4.69) is 0 Å². The molecule has 7 rings (SSSR count). The molecule has 2 aliphatic heterocycles. The summed E-state index contributed by atoms with van der Waals surface area (Å²) in [6.07, 6.45) is 13.6. The van der Waals surface area contributed by atoms with Gasteiger partial charge in [0.1, 0.15) is 11.5 Å². The summed E-state index contributed by atoms with van der Waals surface area (Å²) in [4.78, 5) is 45.0. The van der Waals surface area contributed by atoms with E-state index in [1.807, 2.05) is 97.1 Å². The van der Waals surface area contributed by atoms with Gasteiger partial charge in [0.2, 0.25) is 0 Å². The number of carbonyl (C=O) groups excluding carboxylic acids is 2. The van der Waals surface area contributed by atoms with Crippen molar-refractivity contribution in [2.24, 2.45) is 0 Å². The molecule has 0 fully saturated rings. The molecule has 2 aliphatic rings. The fraction of sp³-hybridized carbons (Fsp3) is 0.0952. The van der Waals surface area contributed by atoms with Gasteiger partial charge in [-0.05, 0) is 94.1 Å². The number of fused-ring (bicyclic) bond motifs is 8. The Labute approximate surface area is 318 Å². The van der Waals surface area contributed by atoms with Crippen LogP contribution in [0.25, 0.3) is 80.8 Å². The predicted molar refractivity (Wildman–Crippen MR) is 203 cm³/mol. The van der Waals surface area contributed by atoms with E-state index in [1.54, 1.807) is 26.4 Å². The Morgan fingerprint density at radius 2 is 0.943 bits per heavy atom. The molecule has 0 radical (unpaired) electrons. The van der Waals surface area contributed by atoms with E-state index in [0.717, 1.165) is 22.3 Å². The van der Waals surface area contributed by atoms with Gasteiger partial charge in [-0.15, -0.1) is 22.1 Å². The number of hydrogen-bond acceptors (Lipinski definition) is 8. The van der Waals surface area contributed by atoms with E-state index in [9.17, 15) is 9.59 Å². The quantitative estimate of drug-likeness (QED) is 0.0869. The number of carbonyl (C=O) groups is 2. The van der Waals surface area contributed by atoms with E-state index in [1.165, 1.54) is 26.4 Å². The van der Waals surface area contributed by atoms with Crippen molar-refractivity contribution in [3.63, 3.8) is 0 Å². The van der Waals surface area contributed by atoms with Crippen molar-refractivity contribution in [2.75, 3.05) is 28.4 Å². The summed E-state index contributed by atoms with van der Waals surface area (Å²) < 4.78 is 21.0. The molecular formula is C42H32N4O6Zn. The summed E-state index contributed by atoms with van der Waals surface area (Å²) in [6.45, 7) is 0. The van der Waals surface area contributed by atoms with Crippen LogP contribution in [-0.2, 0) is 38.5 Å². The van der Waals surface area contributed by atoms with Gasteiger partial charge >= 0.3 is 31.4 Å². The zero-order valence-corrected chi connectivity index (χ0v) is 32.5. The smallest absolute Gasteiger partial charge is 0.657 e. The van der Waals surface area contributed by atoms with Gasteiger partial charge in [-0.1, -0.05) is 48.5 Å². The third kappa shape index (κ3) is 7.52. The topological polar surface area (TPSA) is 125 Å². The summed E-state index contributed by atoms with van der Waals surface area (Å²) in [5.74, 6) is 0.311. The number of rotatable bonds is 8. The van der Waals surface area contributed by atoms with Crippen LogP contribution in [0.4, 0.5) is 0 Å². The van der Waals surface area contributed by atoms with Crippen molar-refractivity contribution < 1.29 is 48.0 Å². The van der Waals surface area contributed by atoms with Gasteiger partial charge < -0.3 is 28.9 Å². The summed E-state index contributed by atoms with van der Waals surface area (Å²) >= 11 is 0. The Kier molecular flexibility index (Phi) is 11.0. The van der Waals surface area contributed by atoms with E-state index in [-0.39, 0.29) is 19.5 Å². The number of benzene rings is 2. The molecule has 3 aromatic heterocycles. The van der Waals surface area contributed by atoms with Crippen LogP contribution in [0.1, 0.15) is 33.9 Å². The van der Waals surface area contributed by atoms with Gasteiger partial charge in [-0.2, -0.15) is 0 Å². The first kappa shape index (κ1) is 36.5. The van der Waals surface area contributed by atoms with E-state index >= 15 is 0 Å². The van der Waals surface area contributed by atoms with Crippen molar-refractivity contribution in [3.8, 4) is 33.8 Å². The van der Waals surface area contributed by atoms with Crippen molar-refractivity contribution in [2.45, 2.75) is 0 Å². The van der Waals surface area contributed by atoms with Crippen LogP contribution in [0.2, 0.25) is 0 Å². The summed E-state index contributed by atoms with van der Waals surface area (Å²) in [7, 11) is 5.89. The van der Waals surface area contributed by atoms with Crippen LogP contribution >= 0.6 is 0 Å². The van der Waals surface area contributed by atoms with Gasteiger partial charge in [0, 0.05) is 12.2 Å². The third-order valence-electron chi connectivity index (χ3n) is 8.58. The van der Waals surface area contributed by atoms with E-state index in [0.29, 0.717) is 67.5 Å². The van der Waals surface area contributed by atoms with Crippen molar-refractivity contribution >= 4 is 70.5 Å². The van der Waals surface area contributed by atoms with Crippen LogP contribution in [-0.4, -0.2) is 50.3 Å². The second kappa shape index (κ2) is 15.9. The Balaban J connectivity index is 0.00000481. The molecular weight excluding hydrogens is 722 g/mol. The van der Waals surface area contributed by atoms with Gasteiger partial charge in [0.25, 0.3) is 0 Å². The minimum absolute atomic E-state index is 0. The standard InChI is InChI=1S/C42H33N4O6.Zn/c1-49-27-9-5-7-25(23-27)41-35-17-13-31(43-35)29(11-21-39(47)51-3)33-15-19-37(45-33)42(26-8-6-10-28(24-26)50-2)38-20-16-34(46-38)30(12-22-40(48)52-4)32-14-18-36(41)44-32;/h5-24H,1-4H3,(H-,43,44,45,46,47,48);/q-1;+2/p-1. The normalized spacial score (nSPS) is 11.8. The molecule has 0 atom stereocenters. The summed E-state index contributed by atoms with van der Waals surface area (Å²) in [6, 6.07) is 22.9. The molecule has 5 heterocycles. The van der Waals surface area contributed by atoms with Crippen LogP contribution < -0.4 is 19.4 Å². The van der Waals surface area contributed by atoms with Crippen LogP contribution in [0.5, 0.6) is 11.5 Å². The van der Waals surface area contributed by atoms with Crippen LogP contribution in [0.15, 0.2) is 84.9 Å². The maximum Gasteiger partial charge on any atom is 2.00 e. The number of methoxy groups -OCH3 is 4. The summed E-state index contributed by atoms with van der Waals surface area (Å²) in [5, 5.41) is 0. The number of ether oxygens (including phenoxy) is 4. The number of hydrogen-bond donors (Lipinski definition) is 0. The number of esters is 2. The maximum atomic E-state index is 12.3. The average molecular weight is 754 g/mol. The molecule has 0 aliphatic carbocycles. The molecule has 5 aromatic rings. The number of nitrogens with zero attached hydrogens (tertiary/aromatic N) is 4. The van der Waals surface area contributed by atoms with E-state index < -0.39 is 11.9 Å². The fourth-order valence-electron chi connectivity index (χ4n) is 6.06. The minimum atomic E-state index is -0.513. The zero-order valence-electron chi connectivity index (χ0n) is 29.5. The Hall–Kier alpha value is -6.32. The van der Waals surface area contributed by atoms with Gasteiger partial charge in [0.15, 0.2) is 0 Å². The minimum Gasteiger partial charge on any atom is -0.657 e. The first-order valence-corrected chi connectivity index (χ1v) is 16.3. The molecule has 0 saturated heterocycles. The third-order valence-corrected chi connectivity index (χ3v) is 8.58. The van der Waals surface area contributed by atoms with Crippen molar-refractivity contribution in [1.82, 2.24) is 19.9 Å². The second-order valence-electron chi connectivity index (χ2n) is 11.6. The molecule has 8 bridgehead atoms. The first-order valence-electron chi connectivity index (χ1n) is 16.3. The van der Waals surface area contributed by atoms with Crippen LogP contribution in [0, 0.1) is 0 Å². The van der Waals surface area contributed by atoms with Gasteiger partial charge in [0.05, 0.1) is 51.2 Å². The Bertz CT molecular complexity index is 2350. The first-order chi connectivity index (χ1) is 25.4.